The van der Waals surface area contributed by atoms with Gasteiger partial charge in [0, 0.05) is 19.1 Å². The molecule has 1 atom stereocenters. The van der Waals surface area contributed by atoms with Gasteiger partial charge >= 0.3 is 5.97 Å². The minimum Gasteiger partial charge on any atom is -0.497 e. The zero-order valence-electron chi connectivity index (χ0n) is 10.8. The van der Waals surface area contributed by atoms with E-state index < -0.39 is 21.5 Å². The summed E-state index contributed by atoms with van der Waals surface area (Å²) in [5.41, 5.74) is -1.61. The molecule has 7 nitrogen and oxygen atoms in total. The fourth-order valence-corrected chi connectivity index (χ4v) is 3.35. The van der Waals surface area contributed by atoms with E-state index in [0.29, 0.717) is 5.75 Å². The van der Waals surface area contributed by atoms with Gasteiger partial charge in [-0.25, -0.2) is 8.42 Å². The molecule has 20 heavy (non-hydrogen) atoms. The van der Waals surface area contributed by atoms with E-state index in [1.807, 2.05) is 0 Å². The lowest BCUT2D eigenvalue weighted by atomic mass is 10.0. The summed E-state index contributed by atoms with van der Waals surface area (Å²) in [6.45, 7) is 0.0124. The molecule has 1 unspecified atom stereocenters. The maximum absolute atomic E-state index is 12.3. The molecule has 1 aliphatic heterocycles. The third kappa shape index (κ3) is 2.77. The van der Waals surface area contributed by atoms with Crippen LogP contribution in [0.5, 0.6) is 5.75 Å². The summed E-state index contributed by atoms with van der Waals surface area (Å²) in [6.07, 6.45) is 0.0888. The minimum atomic E-state index is -3.97. The Hall–Kier alpha value is -1.64. The number of rotatable bonds is 5. The predicted octanol–water partition coefficient (Wildman–Crippen LogP) is 0.217. The van der Waals surface area contributed by atoms with Crippen LogP contribution in [-0.4, -0.2) is 45.4 Å². The van der Waals surface area contributed by atoms with Crippen molar-refractivity contribution in [2.45, 2.75) is 16.9 Å². The monoisotopic (exact) mass is 301 g/mol. The van der Waals surface area contributed by atoms with Crippen LogP contribution < -0.4 is 9.46 Å². The van der Waals surface area contributed by atoms with Gasteiger partial charge in [0.2, 0.25) is 10.0 Å². The minimum absolute atomic E-state index is 0.0515. The number of nitrogens with one attached hydrogen (secondary N) is 1. The second-order valence-corrected chi connectivity index (χ2v) is 6.16. The molecule has 1 heterocycles. The SMILES string of the molecule is COc1cccc(S(=O)(=O)NC2(C(=O)O)CCOC2)c1. The maximum atomic E-state index is 12.3. The van der Waals surface area contributed by atoms with Gasteiger partial charge in [0.15, 0.2) is 5.54 Å². The number of aliphatic carboxylic acids is 1. The normalized spacial score (nSPS) is 22.6. The number of methoxy groups -OCH3 is 1. The van der Waals surface area contributed by atoms with Crippen molar-refractivity contribution in [3.63, 3.8) is 0 Å². The first-order chi connectivity index (χ1) is 9.39. The van der Waals surface area contributed by atoms with Gasteiger partial charge in [0.1, 0.15) is 5.75 Å². The van der Waals surface area contributed by atoms with Crippen LogP contribution in [0.1, 0.15) is 6.42 Å². The van der Waals surface area contributed by atoms with Crippen molar-refractivity contribution in [1.82, 2.24) is 4.72 Å². The first-order valence-corrected chi connectivity index (χ1v) is 7.37. The van der Waals surface area contributed by atoms with Crippen LogP contribution in [0.4, 0.5) is 0 Å². The number of carboxylic acid groups (broad SMARTS) is 1. The average molecular weight is 301 g/mol. The summed E-state index contributed by atoms with van der Waals surface area (Å²) < 4.78 is 36.8. The van der Waals surface area contributed by atoms with Gasteiger partial charge in [-0.3, -0.25) is 4.79 Å². The van der Waals surface area contributed by atoms with E-state index in [2.05, 4.69) is 4.72 Å². The van der Waals surface area contributed by atoms with Crippen LogP contribution in [-0.2, 0) is 19.6 Å². The fourth-order valence-electron chi connectivity index (χ4n) is 1.94. The molecule has 1 aromatic rings. The zero-order valence-corrected chi connectivity index (χ0v) is 11.6. The second-order valence-electron chi connectivity index (χ2n) is 4.47. The van der Waals surface area contributed by atoms with Gasteiger partial charge in [-0.2, -0.15) is 4.72 Å². The smallest absolute Gasteiger partial charge is 0.327 e. The molecule has 0 spiro atoms. The number of sulfonamides is 1. The molecule has 0 aromatic heterocycles. The van der Waals surface area contributed by atoms with Crippen LogP contribution in [0.25, 0.3) is 0 Å². The highest BCUT2D eigenvalue weighted by Gasteiger charge is 2.46. The van der Waals surface area contributed by atoms with Crippen LogP contribution in [0.2, 0.25) is 0 Å². The summed E-state index contributed by atoms with van der Waals surface area (Å²) >= 11 is 0. The van der Waals surface area contributed by atoms with Crippen molar-refractivity contribution >= 4 is 16.0 Å². The molecule has 0 saturated carbocycles. The van der Waals surface area contributed by atoms with Crippen LogP contribution >= 0.6 is 0 Å². The molecule has 2 rings (SSSR count). The summed E-state index contributed by atoms with van der Waals surface area (Å²) in [5, 5.41) is 9.24. The van der Waals surface area contributed by atoms with E-state index in [0.717, 1.165) is 0 Å². The first kappa shape index (κ1) is 14.8. The predicted molar refractivity (Wildman–Crippen MR) is 69.1 cm³/mol. The Morgan fingerprint density at radius 3 is 2.80 bits per heavy atom. The van der Waals surface area contributed by atoms with Crippen molar-refractivity contribution in [2.75, 3.05) is 20.3 Å². The molecule has 0 radical (unpaired) electrons. The molecule has 0 amide bonds. The molecule has 1 saturated heterocycles. The second kappa shape index (κ2) is 5.39. The van der Waals surface area contributed by atoms with E-state index in [-0.39, 0.29) is 24.5 Å². The molecule has 0 bridgehead atoms. The molecule has 2 N–H and O–H groups in total. The van der Waals surface area contributed by atoms with Gasteiger partial charge in [-0.15, -0.1) is 0 Å². The average Bonchev–Trinajstić information content (AvgIpc) is 2.88. The Bertz CT molecular complexity index is 606. The van der Waals surface area contributed by atoms with Crippen LogP contribution in [0.15, 0.2) is 29.2 Å². The van der Waals surface area contributed by atoms with Crippen molar-refractivity contribution < 1.29 is 27.8 Å². The van der Waals surface area contributed by atoms with Gasteiger partial charge in [0.25, 0.3) is 0 Å². The Morgan fingerprint density at radius 1 is 1.50 bits per heavy atom. The lowest BCUT2D eigenvalue weighted by Crippen LogP contribution is -2.54. The zero-order chi connectivity index (χ0) is 14.8. The Balaban J connectivity index is 2.32. The molecule has 1 fully saturated rings. The molecular formula is C12H15NO6S. The van der Waals surface area contributed by atoms with E-state index >= 15 is 0 Å². The van der Waals surface area contributed by atoms with E-state index in [9.17, 15) is 18.3 Å². The van der Waals surface area contributed by atoms with E-state index in [4.69, 9.17) is 9.47 Å². The largest absolute Gasteiger partial charge is 0.497 e. The number of ether oxygens (including phenoxy) is 2. The highest BCUT2D eigenvalue weighted by molar-refractivity contribution is 7.89. The number of hydrogen-bond acceptors (Lipinski definition) is 5. The Kier molecular flexibility index (Phi) is 3.98. The van der Waals surface area contributed by atoms with Gasteiger partial charge < -0.3 is 14.6 Å². The van der Waals surface area contributed by atoms with Gasteiger partial charge in [0.05, 0.1) is 18.6 Å². The Morgan fingerprint density at radius 2 is 2.25 bits per heavy atom. The summed E-state index contributed by atoms with van der Waals surface area (Å²) in [4.78, 5) is 11.3. The van der Waals surface area contributed by atoms with E-state index in [1.54, 1.807) is 6.07 Å². The van der Waals surface area contributed by atoms with Crippen molar-refractivity contribution in [3.05, 3.63) is 24.3 Å². The maximum Gasteiger partial charge on any atom is 0.327 e. The summed E-state index contributed by atoms with van der Waals surface area (Å²) in [7, 11) is -2.55. The van der Waals surface area contributed by atoms with Crippen LogP contribution in [0, 0.1) is 0 Å². The molecule has 1 aliphatic rings. The lowest BCUT2D eigenvalue weighted by molar-refractivity contribution is -0.144. The molecule has 1 aromatic carbocycles. The number of carboxylic acids is 1. The quantitative estimate of drug-likeness (QED) is 0.806. The van der Waals surface area contributed by atoms with Crippen molar-refractivity contribution in [1.29, 1.82) is 0 Å². The van der Waals surface area contributed by atoms with Gasteiger partial charge in [-0.1, -0.05) is 6.07 Å². The molecular weight excluding hydrogens is 286 g/mol. The van der Waals surface area contributed by atoms with Crippen LogP contribution in [0.3, 0.4) is 0 Å². The van der Waals surface area contributed by atoms with Crippen molar-refractivity contribution in [3.8, 4) is 5.75 Å². The van der Waals surface area contributed by atoms with E-state index in [1.165, 1.54) is 25.3 Å². The lowest BCUT2D eigenvalue weighted by Gasteiger charge is -2.23. The van der Waals surface area contributed by atoms with Gasteiger partial charge in [-0.05, 0) is 12.1 Å². The first-order valence-electron chi connectivity index (χ1n) is 5.89. The highest BCUT2D eigenvalue weighted by Crippen LogP contribution is 2.24. The number of hydrogen-bond donors (Lipinski definition) is 2. The number of benzene rings is 1. The molecule has 0 aliphatic carbocycles. The van der Waals surface area contributed by atoms with Crippen molar-refractivity contribution in [2.24, 2.45) is 0 Å². The topological polar surface area (TPSA) is 102 Å². The summed E-state index contributed by atoms with van der Waals surface area (Å²) in [5.74, 6) is -0.874. The fraction of sp³-hybridized carbons (Fsp3) is 0.417. The standard InChI is InChI=1S/C12H15NO6S/c1-18-9-3-2-4-10(7-9)20(16,17)13-12(11(14)15)5-6-19-8-12/h2-4,7,13H,5-6,8H2,1H3,(H,14,15). The highest BCUT2D eigenvalue weighted by atomic mass is 32.2. The summed E-state index contributed by atoms with van der Waals surface area (Å²) in [6, 6.07) is 5.82. The third-order valence-electron chi connectivity index (χ3n) is 3.11. The Labute approximate surface area is 116 Å². The third-order valence-corrected chi connectivity index (χ3v) is 4.65. The molecule has 8 heteroatoms. The molecule has 110 valence electrons. The number of carbonyl (C=O) groups is 1.